The topological polar surface area (TPSA) is 105 Å². The molecule has 4 aromatic rings. The molecule has 2 aliphatic carbocycles. The molecule has 202 valence electrons. The van der Waals surface area contributed by atoms with Crippen molar-refractivity contribution in [3.05, 3.63) is 59.6 Å². The lowest BCUT2D eigenvalue weighted by Gasteiger charge is -2.34. The molecule has 9 heteroatoms. The maximum absolute atomic E-state index is 13.3. The molecule has 0 saturated heterocycles. The number of hydrogen-bond donors (Lipinski definition) is 3. The van der Waals surface area contributed by atoms with Gasteiger partial charge in [-0.1, -0.05) is 62.3 Å². The Morgan fingerprint density at radius 2 is 1.46 bits per heavy atom. The molecule has 2 atom stereocenters. The minimum Gasteiger partial charge on any atom is -0.365 e. The van der Waals surface area contributed by atoms with E-state index in [1.807, 2.05) is 36.4 Å². The second-order valence-electron chi connectivity index (χ2n) is 10.7. The molecule has 2 saturated carbocycles. The van der Waals surface area contributed by atoms with Crippen LogP contribution >= 0.6 is 11.6 Å². The lowest BCUT2D eigenvalue weighted by molar-refractivity contribution is 0.0923. The van der Waals surface area contributed by atoms with Gasteiger partial charge in [-0.3, -0.25) is 4.79 Å². The van der Waals surface area contributed by atoms with Gasteiger partial charge in [0.1, 0.15) is 18.0 Å². The molecule has 0 spiro atoms. The van der Waals surface area contributed by atoms with Gasteiger partial charge in [-0.05, 0) is 56.0 Å². The number of amides is 1. The summed E-state index contributed by atoms with van der Waals surface area (Å²) in [5.74, 6) is 1.45. The van der Waals surface area contributed by atoms with Gasteiger partial charge in [-0.2, -0.15) is 0 Å². The van der Waals surface area contributed by atoms with Crippen molar-refractivity contribution < 1.29 is 4.79 Å². The van der Waals surface area contributed by atoms with Gasteiger partial charge in [-0.15, -0.1) is 0 Å². The average molecular weight is 544 g/mol. The Labute approximate surface area is 233 Å². The van der Waals surface area contributed by atoms with Crippen molar-refractivity contribution in [1.29, 1.82) is 0 Å². The van der Waals surface area contributed by atoms with Crippen molar-refractivity contribution in [1.82, 2.24) is 25.3 Å². The Kier molecular flexibility index (Phi) is 7.72. The van der Waals surface area contributed by atoms with Gasteiger partial charge in [0.15, 0.2) is 0 Å². The van der Waals surface area contributed by atoms with Crippen molar-refractivity contribution in [2.45, 2.75) is 82.3 Å². The van der Waals surface area contributed by atoms with E-state index in [0.29, 0.717) is 16.4 Å². The van der Waals surface area contributed by atoms with Crippen LogP contribution in [0.4, 0.5) is 11.6 Å². The first kappa shape index (κ1) is 25.7. The number of aromatic nitrogens is 4. The molecule has 2 aromatic carbocycles. The second kappa shape index (κ2) is 11.7. The number of carbonyl (C=O) groups is 1. The highest BCUT2D eigenvalue weighted by atomic mass is 35.5. The number of hydrogen-bond acceptors (Lipinski definition) is 7. The lowest BCUT2D eigenvalue weighted by Crippen LogP contribution is -2.42. The van der Waals surface area contributed by atoms with Crippen molar-refractivity contribution in [3.63, 3.8) is 0 Å². The summed E-state index contributed by atoms with van der Waals surface area (Å²) in [5, 5.41) is 13.0. The van der Waals surface area contributed by atoms with Gasteiger partial charge in [0.05, 0.1) is 11.0 Å². The molecule has 2 aromatic heterocycles. The standard InChI is InChI=1S/C30H34ClN7O/c31-19-15-16-24-22(17-19)28(38-29(35-24)30(39)34-20-9-3-1-2-4-10-20)37-26-14-8-7-13-25(26)36-27-21-11-5-6-12-23(21)32-18-33-27/h5-6,11-12,15-18,20,25-26H,1-4,7-10,13-14H2,(H,34,39)(H,32,33,36)(H,35,37,38)/t25-,26+/m1/s1. The highest BCUT2D eigenvalue weighted by molar-refractivity contribution is 6.31. The normalized spacial score (nSPS) is 20.4. The number of nitrogens with one attached hydrogen (secondary N) is 3. The fourth-order valence-electron chi connectivity index (χ4n) is 5.93. The van der Waals surface area contributed by atoms with Crippen LogP contribution in [0.1, 0.15) is 74.8 Å². The number of anilines is 2. The van der Waals surface area contributed by atoms with Crippen LogP contribution in [0.15, 0.2) is 48.8 Å². The van der Waals surface area contributed by atoms with E-state index in [-0.39, 0.29) is 29.9 Å². The quantitative estimate of drug-likeness (QED) is 0.238. The Morgan fingerprint density at radius 1 is 0.744 bits per heavy atom. The fraction of sp³-hybridized carbons (Fsp3) is 0.433. The van der Waals surface area contributed by atoms with E-state index >= 15 is 0 Å². The molecule has 2 fully saturated rings. The number of halogens is 1. The highest BCUT2D eigenvalue weighted by Crippen LogP contribution is 2.30. The maximum Gasteiger partial charge on any atom is 0.289 e. The molecule has 3 N–H and O–H groups in total. The van der Waals surface area contributed by atoms with Gasteiger partial charge in [0, 0.05) is 33.9 Å². The highest BCUT2D eigenvalue weighted by Gasteiger charge is 2.28. The van der Waals surface area contributed by atoms with E-state index in [0.717, 1.165) is 73.5 Å². The summed E-state index contributed by atoms with van der Waals surface area (Å²) in [6, 6.07) is 14.0. The van der Waals surface area contributed by atoms with Crippen LogP contribution in [0.3, 0.4) is 0 Å². The van der Waals surface area contributed by atoms with Gasteiger partial charge in [0.25, 0.3) is 5.91 Å². The van der Waals surface area contributed by atoms with Crippen LogP contribution in [-0.4, -0.2) is 44.0 Å². The summed E-state index contributed by atoms with van der Waals surface area (Å²) in [5.41, 5.74) is 1.61. The van der Waals surface area contributed by atoms with Crippen LogP contribution in [0, 0.1) is 0 Å². The summed E-state index contributed by atoms with van der Waals surface area (Å²) in [7, 11) is 0. The zero-order chi connectivity index (χ0) is 26.6. The van der Waals surface area contributed by atoms with E-state index in [2.05, 4.69) is 30.9 Å². The van der Waals surface area contributed by atoms with E-state index in [1.54, 1.807) is 12.4 Å². The van der Waals surface area contributed by atoms with E-state index < -0.39 is 0 Å². The molecule has 2 heterocycles. The summed E-state index contributed by atoms with van der Waals surface area (Å²) >= 11 is 6.38. The molecule has 0 unspecified atom stereocenters. The molecule has 0 radical (unpaired) electrons. The van der Waals surface area contributed by atoms with Crippen molar-refractivity contribution in [2.24, 2.45) is 0 Å². The van der Waals surface area contributed by atoms with E-state index in [9.17, 15) is 4.79 Å². The number of fused-ring (bicyclic) bond motifs is 2. The molecular formula is C30H34ClN7O. The van der Waals surface area contributed by atoms with Gasteiger partial charge in [0.2, 0.25) is 5.82 Å². The first-order chi connectivity index (χ1) is 19.1. The number of carbonyl (C=O) groups excluding carboxylic acids is 1. The number of nitrogens with zero attached hydrogens (tertiary/aromatic N) is 4. The van der Waals surface area contributed by atoms with Crippen molar-refractivity contribution in [2.75, 3.05) is 10.6 Å². The first-order valence-electron chi connectivity index (χ1n) is 14.1. The first-order valence-corrected chi connectivity index (χ1v) is 14.5. The monoisotopic (exact) mass is 543 g/mol. The summed E-state index contributed by atoms with van der Waals surface area (Å²) in [6.45, 7) is 0. The Hall–Kier alpha value is -3.52. The zero-order valence-corrected chi connectivity index (χ0v) is 22.8. The van der Waals surface area contributed by atoms with Crippen LogP contribution in [0.5, 0.6) is 0 Å². The minimum absolute atomic E-state index is 0.0855. The van der Waals surface area contributed by atoms with Crippen LogP contribution in [-0.2, 0) is 0 Å². The van der Waals surface area contributed by atoms with Crippen LogP contribution in [0.25, 0.3) is 21.8 Å². The SMILES string of the molecule is O=C(NC1CCCCCC1)c1nc(N[C@H]2CCCC[C@H]2Nc2ncnc3ccccc23)c2cc(Cl)ccc2n1. The number of rotatable bonds is 6. The zero-order valence-electron chi connectivity index (χ0n) is 22.0. The summed E-state index contributed by atoms with van der Waals surface area (Å²) in [4.78, 5) is 31.6. The molecule has 2 aliphatic rings. The third-order valence-corrected chi connectivity index (χ3v) is 8.24. The fourth-order valence-corrected chi connectivity index (χ4v) is 6.11. The van der Waals surface area contributed by atoms with Crippen LogP contribution < -0.4 is 16.0 Å². The van der Waals surface area contributed by atoms with E-state index in [4.69, 9.17) is 16.6 Å². The smallest absolute Gasteiger partial charge is 0.289 e. The Bertz CT molecular complexity index is 1470. The summed E-state index contributed by atoms with van der Waals surface area (Å²) in [6.07, 6.45) is 12.6. The molecule has 0 bridgehead atoms. The minimum atomic E-state index is -0.215. The third kappa shape index (κ3) is 5.91. The Balaban J connectivity index is 1.28. The molecular weight excluding hydrogens is 510 g/mol. The molecule has 6 rings (SSSR count). The van der Waals surface area contributed by atoms with E-state index in [1.165, 1.54) is 12.8 Å². The molecule has 8 nitrogen and oxygen atoms in total. The van der Waals surface area contributed by atoms with Gasteiger partial charge >= 0.3 is 0 Å². The summed E-state index contributed by atoms with van der Waals surface area (Å²) < 4.78 is 0. The van der Waals surface area contributed by atoms with Crippen molar-refractivity contribution >= 4 is 50.9 Å². The predicted molar refractivity (Wildman–Crippen MR) is 156 cm³/mol. The number of benzene rings is 2. The number of para-hydroxylation sites is 1. The molecule has 0 aliphatic heterocycles. The van der Waals surface area contributed by atoms with Crippen molar-refractivity contribution in [3.8, 4) is 0 Å². The predicted octanol–water partition coefficient (Wildman–Crippen LogP) is 6.51. The molecule has 39 heavy (non-hydrogen) atoms. The largest absolute Gasteiger partial charge is 0.365 e. The second-order valence-corrected chi connectivity index (χ2v) is 11.2. The van der Waals surface area contributed by atoms with Gasteiger partial charge < -0.3 is 16.0 Å². The van der Waals surface area contributed by atoms with Gasteiger partial charge in [-0.25, -0.2) is 19.9 Å². The molecule has 1 amide bonds. The third-order valence-electron chi connectivity index (χ3n) is 8.00. The Morgan fingerprint density at radius 3 is 2.26 bits per heavy atom. The lowest BCUT2D eigenvalue weighted by atomic mass is 9.90. The average Bonchev–Trinajstić information content (AvgIpc) is 3.23. The maximum atomic E-state index is 13.3. The van der Waals surface area contributed by atoms with Crippen LogP contribution in [0.2, 0.25) is 5.02 Å².